The summed E-state index contributed by atoms with van der Waals surface area (Å²) in [6, 6.07) is 13.9. The molecule has 0 bridgehead atoms. The largest absolute Gasteiger partial charge is 0.497 e. The van der Waals surface area contributed by atoms with Crippen LogP contribution in [-0.4, -0.2) is 67.1 Å². The predicted octanol–water partition coefficient (Wildman–Crippen LogP) is 1.16. The molecule has 7 nitrogen and oxygen atoms in total. The SMILES string of the molecule is COc1cc(OC)cc(C(=O)NC[C@H](c2ccc(N(C)C)cc2)[NH+]2CCOCC2)c1. The van der Waals surface area contributed by atoms with Gasteiger partial charge in [0.15, 0.2) is 0 Å². The topological polar surface area (TPSA) is 64.5 Å². The van der Waals surface area contributed by atoms with Crippen LogP contribution < -0.4 is 24.6 Å². The van der Waals surface area contributed by atoms with Gasteiger partial charge in [0, 0.05) is 37.0 Å². The smallest absolute Gasteiger partial charge is 0.251 e. The Labute approximate surface area is 178 Å². The van der Waals surface area contributed by atoms with Crippen molar-refractivity contribution >= 4 is 11.6 Å². The quantitative estimate of drug-likeness (QED) is 0.679. The molecule has 1 aliphatic heterocycles. The Morgan fingerprint density at radius 2 is 1.67 bits per heavy atom. The minimum atomic E-state index is -0.144. The highest BCUT2D eigenvalue weighted by atomic mass is 16.5. The number of ether oxygens (including phenoxy) is 3. The van der Waals surface area contributed by atoms with Gasteiger partial charge in [0.1, 0.15) is 30.6 Å². The summed E-state index contributed by atoms with van der Waals surface area (Å²) in [7, 11) is 7.21. The van der Waals surface area contributed by atoms with Crippen molar-refractivity contribution in [1.82, 2.24) is 5.32 Å². The van der Waals surface area contributed by atoms with Crippen LogP contribution in [0.1, 0.15) is 22.0 Å². The second kappa shape index (κ2) is 10.3. The number of carbonyl (C=O) groups excluding carboxylic acids is 1. The average molecular weight is 415 g/mol. The van der Waals surface area contributed by atoms with Crippen molar-refractivity contribution in [2.45, 2.75) is 6.04 Å². The zero-order chi connectivity index (χ0) is 21.5. The van der Waals surface area contributed by atoms with Crippen molar-refractivity contribution in [2.24, 2.45) is 0 Å². The summed E-state index contributed by atoms with van der Waals surface area (Å²) in [5.74, 6) is 1.04. The second-order valence-electron chi connectivity index (χ2n) is 7.62. The first kappa shape index (κ1) is 21.9. The molecule has 2 aromatic rings. The van der Waals surface area contributed by atoms with Crippen molar-refractivity contribution in [3.05, 3.63) is 53.6 Å². The zero-order valence-electron chi connectivity index (χ0n) is 18.2. The van der Waals surface area contributed by atoms with E-state index in [1.165, 1.54) is 10.5 Å². The number of morpholine rings is 1. The number of benzene rings is 2. The van der Waals surface area contributed by atoms with Crippen LogP contribution in [0.15, 0.2) is 42.5 Å². The molecule has 0 aliphatic carbocycles. The summed E-state index contributed by atoms with van der Waals surface area (Å²) in [6.45, 7) is 3.85. The number of hydrogen-bond acceptors (Lipinski definition) is 5. The van der Waals surface area contributed by atoms with Crippen LogP contribution in [0.3, 0.4) is 0 Å². The highest BCUT2D eigenvalue weighted by Gasteiger charge is 2.27. The van der Waals surface area contributed by atoms with E-state index in [9.17, 15) is 4.79 Å². The molecule has 0 aromatic heterocycles. The number of amides is 1. The first-order chi connectivity index (χ1) is 14.5. The zero-order valence-corrected chi connectivity index (χ0v) is 18.2. The van der Waals surface area contributed by atoms with Crippen molar-refractivity contribution in [1.29, 1.82) is 0 Å². The van der Waals surface area contributed by atoms with E-state index in [0.29, 0.717) is 23.6 Å². The van der Waals surface area contributed by atoms with E-state index in [4.69, 9.17) is 14.2 Å². The van der Waals surface area contributed by atoms with E-state index < -0.39 is 0 Å². The summed E-state index contributed by atoms with van der Waals surface area (Å²) in [5.41, 5.74) is 2.88. The second-order valence-corrected chi connectivity index (χ2v) is 7.62. The number of nitrogens with one attached hydrogen (secondary N) is 2. The van der Waals surface area contributed by atoms with Crippen molar-refractivity contribution in [3.8, 4) is 11.5 Å². The van der Waals surface area contributed by atoms with E-state index in [1.807, 2.05) is 14.1 Å². The van der Waals surface area contributed by atoms with Crippen molar-refractivity contribution in [2.75, 3.05) is 66.1 Å². The highest BCUT2D eigenvalue weighted by molar-refractivity contribution is 5.95. The van der Waals surface area contributed by atoms with Gasteiger partial charge in [0.05, 0.1) is 34.0 Å². The lowest BCUT2D eigenvalue weighted by Gasteiger charge is -2.32. The third-order valence-electron chi connectivity index (χ3n) is 5.52. The van der Waals surface area contributed by atoms with Gasteiger partial charge in [-0.2, -0.15) is 0 Å². The van der Waals surface area contributed by atoms with Crippen LogP contribution in [0.2, 0.25) is 0 Å². The van der Waals surface area contributed by atoms with E-state index in [1.54, 1.807) is 32.4 Å². The summed E-state index contributed by atoms with van der Waals surface area (Å²) < 4.78 is 16.1. The van der Waals surface area contributed by atoms with E-state index in [0.717, 1.165) is 32.0 Å². The maximum absolute atomic E-state index is 12.9. The molecule has 0 radical (unpaired) electrons. The maximum atomic E-state index is 12.9. The number of methoxy groups -OCH3 is 2. The molecule has 1 amide bonds. The maximum Gasteiger partial charge on any atom is 0.251 e. The molecule has 0 saturated carbocycles. The number of rotatable bonds is 8. The Kier molecular flexibility index (Phi) is 7.54. The molecule has 1 saturated heterocycles. The van der Waals surface area contributed by atoms with Gasteiger partial charge in [-0.3, -0.25) is 4.79 Å². The summed E-state index contributed by atoms with van der Waals surface area (Å²) in [5, 5.41) is 3.11. The fourth-order valence-electron chi connectivity index (χ4n) is 3.72. The molecule has 3 rings (SSSR count). The molecular weight excluding hydrogens is 382 g/mol. The fourth-order valence-corrected chi connectivity index (χ4v) is 3.72. The van der Waals surface area contributed by atoms with Crippen LogP contribution in [0.4, 0.5) is 5.69 Å². The number of hydrogen-bond donors (Lipinski definition) is 2. The van der Waals surface area contributed by atoms with Gasteiger partial charge in [-0.25, -0.2) is 0 Å². The molecule has 1 fully saturated rings. The van der Waals surface area contributed by atoms with Crippen LogP contribution in [0, 0.1) is 0 Å². The molecule has 162 valence electrons. The highest BCUT2D eigenvalue weighted by Crippen LogP contribution is 2.22. The normalized spacial score (nSPS) is 15.3. The van der Waals surface area contributed by atoms with Gasteiger partial charge in [-0.1, -0.05) is 12.1 Å². The van der Waals surface area contributed by atoms with E-state index >= 15 is 0 Å². The lowest BCUT2D eigenvalue weighted by atomic mass is 10.0. The minimum absolute atomic E-state index is 0.144. The Bertz CT molecular complexity index is 811. The third kappa shape index (κ3) is 5.43. The summed E-state index contributed by atoms with van der Waals surface area (Å²) in [4.78, 5) is 16.4. The summed E-state index contributed by atoms with van der Waals surface area (Å²) in [6.07, 6.45) is 0. The van der Waals surface area contributed by atoms with E-state index in [2.05, 4.69) is 34.5 Å². The first-order valence-corrected chi connectivity index (χ1v) is 10.2. The van der Waals surface area contributed by atoms with Gasteiger partial charge >= 0.3 is 0 Å². The fraction of sp³-hybridized carbons (Fsp3) is 0.435. The molecule has 1 atom stereocenters. The van der Waals surface area contributed by atoms with Gasteiger partial charge in [0.2, 0.25) is 0 Å². The van der Waals surface area contributed by atoms with Crippen LogP contribution in [0.5, 0.6) is 11.5 Å². The van der Waals surface area contributed by atoms with Gasteiger partial charge in [0.25, 0.3) is 5.91 Å². The molecule has 7 heteroatoms. The average Bonchev–Trinajstić information content (AvgIpc) is 2.79. The Balaban J connectivity index is 1.77. The lowest BCUT2D eigenvalue weighted by Crippen LogP contribution is -3.15. The first-order valence-electron chi connectivity index (χ1n) is 10.2. The number of quaternary nitrogens is 1. The Morgan fingerprint density at radius 3 is 2.20 bits per heavy atom. The minimum Gasteiger partial charge on any atom is -0.497 e. The molecule has 2 N–H and O–H groups in total. The molecule has 1 heterocycles. The Hall–Kier alpha value is -2.77. The van der Waals surface area contributed by atoms with Gasteiger partial charge < -0.3 is 29.3 Å². The van der Waals surface area contributed by atoms with Gasteiger partial charge in [-0.15, -0.1) is 0 Å². The van der Waals surface area contributed by atoms with Crippen LogP contribution >= 0.6 is 0 Å². The molecule has 1 aliphatic rings. The third-order valence-corrected chi connectivity index (χ3v) is 5.52. The lowest BCUT2D eigenvalue weighted by molar-refractivity contribution is -0.937. The standard InChI is InChI=1S/C23H31N3O4/c1-25(2)19-7-5-17(6-8-19)22(26-9-11-30-12-10-26)16-24-23(27)18-13-20(28-3)15-21(14-18)29-4/h5-8,13-15,22H,9-12,16H2,1-4H3,(H,24,27)/p+1/t22-/m1/s1. The molecule has 30 heavy (non-hydrogen) atoms. The number of nitrogens with zero attached hydrogens (tertiary/aromatic N) is 1. The van der Waals surface area contributed by atoms with E-state index in [-0.39, 0.29) is 11.9 Å². The Morgan fingerprint density at radius 1 is 1.07 bits per heavy atom. The van der Waals surface area contributed by atoms with Gasteiger partial charge in [-0.05, 0) is 24.3 Å². The molecule has 0 spiro atoms. The van der Waals surface area contributed by atoms with Crippen molar-refractivity contribution in [3.63, 3.8) is 0 Å². The molecule has 2 aromatic carbocycles. The monoisotopic (exact) mass is 414 g/mol. The predicted molar refractivity (Wildman–Crippen MR) is 117 cm³/mol. The number of carbonyl (C=O) groups is 1. The van der Waals surface area contributed by atoms with Crippen LogP contribution in [-0.2, 0) is 4.74 Å². The summed E-state index contributed by atoms with van der Waals surface area (Å²) >= 11 is 0. The molecule has 0 unspecified atom stereocenters. The number of anilines is 1. The van der Waals surface area contributed by atoms with Crippen LogP contribution in [0.25, 0.3) is 0 Å². The molecular formula is C23H32N3O4+. The van der Waals surface area contributed by atoms with Crippen molar-refractivity contribution < 1.29 is 23.9 Å².